The molecule has 1 aromatic heterocycles. The van der Waals surface area contributed by atoms with Crippen LogP contribution in [0.5, 0.6) is 11.5 Å². The summed E-state index contributed by atoms with van der Waals surface area (Å²) >= 11 is 0. The zero-order chi connectivity index (χ0) is 18.6. The summed E-state index contributed by atoms with van der Waals surface area (Å²) < 4.78 is 10.6. The Balaban J connectivity index is 1.49. The molecule has 0 atom stereocenters. The molecule has 0 fully saturated rings. The first kappa shape index (κ1) is 16.8. The van der Waals surface area contributed by atoms with Gasteiger partial charge in [-0.25, -0.2) is 9.97 Å². The lowest BCUT2D eigenvalue weighted by Crippen LogP contribution is -2.20. The van der Waals surface area contributed by atoms with E-state index in [1.54, 1.807) is 18.2 Å². The van der Waals surface area contributed by atoms with Gasteiger partial charge in [0, 0.05) is 36.4 Å². The quantitative estimate of drug-likeness (QED) is 0.747. The second-order valence-corrected chi connectivity index (χ2v) is 5.87. The van der Waals surface area contributed by atoms with Gasteiger partial charge in [-0.1, -0.05) is 18.2 Å². The number of hydrogen-bond acceptors (Lipinski definition) is 6. The second kappa shape index (κ2) is 7.33. The van der Waals surface area contributed by atoms with Crippen molar-refractivity contribution in [2.45, 2.75) is 6.92 Å². The first-order valence-corrected chi connectivity index (χ1v) is 8.60. The largest absolute Gasteiger partial charge is 0.454 e. The number of hydrogen-bond donors (Lipinski definition) is 1. The fraction of sp³-hybridized carbons (Fsp3) is 0.150. The predicted octanol–water partition coefficient (Wildman–Crippen LogP) is 3.62. The molecule has 0 aliphatic carbocycles. The van der Waals surface area contributed by atoms with E-state index in [2.05, 4.69) is 15.3 Å². The van der Waals surface area contributed by atoms with Crippen LogP contribution in [-0.2, 0) is 0 Å². The van der Waals surface area contributed by atoms with E-state index in [1.165, 1.54) is 12.4 Å². The summed E-state index contributed by atoms with van der Waals surface area (Å²) in [5, 5.41) is 2.81. The number of carbonyl (C=O) groups is 1. The van der Waals surface area contributed by atoms with Crippen molar-refractivity contribution in [3.63, 3.8) is 0 Å². The Hall–Kier alpha value is -3.61. The summed E-state index contributed by atoms with van der Waals surface area (Å²) in [6.45, 7) is 2.93. The Bertz CT molecular complexity index is 945. The molecule has 2 heterocycles. The lowest BCUT2D eigenvalue weighted by Gasteiger charge is -2.20. The van der Waals surface area contributed by atoms with Gasteiger partial charge in [-0.3, -0.25) is 4.79 Å². The number of carbonyl (C=O) groups excluding carboxylic acids is 1. The van der Waals surface area contributed by atoms with E-state index in [1.807, 2.05) is 42.2 Å². The van der Waals surface area contributed by atoms with Crippen LogP contribution in [0.4, 0.5) is 17.3 Å². The SMILES string of the molecule is CCN(c1ccccc1)c1ncc(C(=O)Nc2ccc3c(c2)OCO3)cn1. The highest BCUT2D eigenvalue weighted by Gasteiger charge is 2.16. The highest BCUT2D eigenvalue weighted by Crippen LogP contribution is 2.34. The van der Waals surface area contributed by atoms with Crippen LogP contribution in [0, 0.1) is 0 Å². The molecule has 136 valence electrons. The molecule has 7 heteroatoms. The molecule has 0 spiro atoms. The number of amides is 1. The molecule has 1 aliphatic heterocycles. The molecule has 27 heavy (non-hydrogen) atoms. The van der Waals surface area contributed by atoms with Gasteiger partial charge < -0.3 is 19.7 Å². The zero-order valence-corrected chi connectivity index (χ0v) is 14.8. The van der Waals surface area contributed by atoms with Crippen molar-refractivity contribution in [2.75, 3.05) is 23.6 Å². The van der Waals surface area contributed by atoms with Gasteiger partial charge in [0.25, 0.3) is 5.91 Å². The molecular weight excluding hydrogens is 344 g/mol. The van der Waals surface area contributed by atoms with Crippen LogP contribution in [0.1, 0.15) is 17.3 Å². The van der Waals surface area contributed by atoms with E-state index in [-0.39, 0.29) is 12.7 Å². The molecule has 2 aromatic carbocycles. The van der Waals surface area contributed by atoms with Crippen LogP contribution in [0.3, 0.4) is 0 Å². The van der Waals surface area contributed by atoms with Crippen LogP contribution in [0.2, 0.25) is 0 Å². The highest BCUT2D eigenvalue weighted by atomic mass is 16.7. The molecule has 0 radical (unpaired) electrons. The second-order valence-electron chi connectivity index (χ2n) is 5.87. The van der Waals surface area contributed by atoms with E-state index in [0.717, 1.165) is 5.69 Å². The van der Waals surface area contributed by atoms with Crippen molar-refractivity contribution in [2.24, 2.45) is 0 Å². The summed E-state index contributed by atoms with van der Waals surface area (Å²) in [6.07, 6.45) is 3.05. The summed E-state index contributed by atoms with van der Waals surface area (Å²) in [4.78, 5) is 23.1. The van der Waals surface area contributed by atoms with E-state index in [9.17, 15) is 4.79 Å². The minimum Gasteiger partial charge on any atom is -0.454 e. The molecule has 3 aromatic rings. The van der Waals surface area contributed by atoms with Gasteiger partial charge in [0.15, 0.2) is 11.5 Å². The highest BCUT2D eigenvalue weighted by molar-refractivity contribution is 6.04. The number of para-hydroxylation sites is 1. The van der Waals surface area contributed by atoms with Gasteiger partial charge in [0.2, 0.25) is 12.7 Å². The fourth-order valence-corrected chi connectivity index (χ4v) is 2.80. The third-order valence-corrected chi connectivity index (χ3v) is 4.16. The lowest BCUT2D eigenvalue weighted by atomic mass is 10.2. The molecule has 7 nitrogen and oxygen atoms in total. The third-order valence-electron chi connectivity index (χ3n) is 4.16. The maximum Gasteiger partial charge on any atom is 0.258 e. The molecule has 0 saturated carbocycles. The van der Waals surface area contributed by atoms with Gasteiger partial charge in [-0.15, -0.1) is 0 Å². The maximum atomic E-state index is 12.5. The predicted molar refractivity (Wildman–Crippen MR) is 102 cm³/mol. The van der Waals surface area contributed by atoms with Gasteiger partial charge in [0.1, 0.15) is 0 Å². The van der Waals surface area contributed by atoms with Crippen molar-refractivity contribution < 1.29 is 14.3 Å². The molecule has 4 rings (SSSR count). The van der Waals surface area contributed by atoms with Gasteiger partial charge >= 0.3 is 0 Å². The zero-order valence-electron chi connectivity index (χ0n) is 14.8. The normalized spacial score (nSPS) is 11.9. The summed E-state index contributed by atoms with van der Waals surface area (Å²) in [6, 6.07) is 15.1. The molecule has 0 bridgehead atoms. The summed E-state index contributed by atoms with van der Waals surface area (Å²) in [5.41, 5.74) is 1.99. The molecule has 1 N–H and O–H groups in total. The number of benzene rings is 2. The average molecular weight is 362 g/mol. The Kier molecular flexibility index (Phi) is 4.57. The number of rotatable bonds is 5. The Morgan fingerprint density at radius 2 is 1.81 bits per heavy atom. The summed E-state index contributed by atoms with van der Waals surface area (Å²) in [5.74, 6) is 1.54. The van der Waals surface area contributed by atoms with Gasteiger partial charge in [0.05, 0.1) is 5.56 Å². The summed E-state index contributed by atoms with van der Waals surface area (Å²) in [7, 11) is 0. The lowest BCUT2D eigenvalue weighted by molar-refractivity contribution is 0.102. The first-order valence-electron chi connectivity index (χ1n) is 8.60. The monoisotopic (exact) mass is 362 g/mol. The average Bonchev–Trinajstić information content (AvgIpc) is 3.18. The van der Waals surface area contributed by atoms with Gasteiger partial charge in [-0.2, -0.15) is 0 Å². The van der Waals surface area contributed by atoms with Crippen molar-refractivity contribution in [3.8, 4) is 11.5 Å². The maximum absolute atomic E-state index is 12.5. The van der Waals surface area contributed by atoms with Crippen LogP contribution in [0.15, 0.2) is 60.9 Å². The molecule has 0 saturated heterocycles. The van der Waals surface area contributed by atoms with Crippen molar-refractivity contribution in [1.29, 1.82) is 0 Å². The third kappa shape index (κ3) is 3.52. The minimum atomic E-state index is -0.289. The topological polar surface area (TPSA) is 76.6 Å². The fourth-order valence-electron chi connectivity index (χ4n) is 2.80. The first-order chi connectivity index (χ1) is 13.2. The van der Waals surface area contributed by atoms with Crippen molar-refractivity contribution in [1.82, 2.24) is 9.97 Å². The van der Waals surface area contributed by atoms with Crippen molar-refractivity contribution >= 4 is 23.2 Å². The number of aromatic nitrogens is 2. The Labute approximate surface area is 156 Å². The van der Waals surface area contributed by atoms with Crippen LogP contribution >= 0.6 is 0 Å². The van der Waals surface area contributed by atoms with E-state index in [4.69, 9.17) is 9.47 Å². The van der Waals surface area contributed by atoms with E-state index in [0.29, 0.717) is 35.2 Å². The number of anilines is 3. The standard InChI is InChI=1S/C20H18N4O3/c1-2-24(16-6-4-3-5-7-16)20-21-11-14(12-22-20)19(25)23-15-8-9-17-18(10-15)27-13-26-17/h3-12H,2,13H2,1H3,(H,23,25). The smallest absolute Gasteiger partial charge is 0.258 e. The van der Waals surface area contributed by atoms with E-state index < -0.39 is 0 Å². The van der Waals surface area contributed by atoms with Crippen LogP contribution < -0.4 is 19.7 Å². The number of nitrogens with zero attached hydrogens (tertiary/aromatic N) is 3. The van der Waals surface area contributed by atoms with Crippen LogP contribution in [-0.4, -0.2) is 29.2 Å². The molecule has 0 unspecified atom stereocenters. The molecule has 1 amide bonds. The van der Waals surface area contributed by atoms with Gasteiger partial charge in [-0.05, 0) is 31.2 Å². The number of nitrogens with one attached hydrogen (secondary N) is 1. The Morgan fingerprint density at radius 3 is 2.56 bits per heavy atom. The Morgan fingerprint density at radius 1 is 1.07 bits per heavy atom. The van der Waals surface area contributed by atoms with Crippen molar-refractivity contribution in [3.05, 3.63) is 66.5 Å². The van der Waals surface area contributed by atoms with E-state index >= 15 is 0 Å². The molecular formula is C20H18N4O3. The molecule has 1 aliphatic rings. The minimum absolute atomic E-state index is 0.192. The number of ether oxygens (including phenoxy) is 2. The van der Waals surface area contributed by atoms with Crippen LogP contribution in [0.25, 0.3) is 0 Å². The number of fused-ring (bicyclic) bond motifs is 1.